The molecule has 1 fully saturated rings. The van der Waals surface area contributed by atoms with Crippen LogP contribution in [0, 0.1) is 0 Å². The molecule has 1 N–H and O–H groups in total. The van der Waals surface area contributed by atoms with Gasteiger partial charge in [-0.15, -0.1) is 0 Å². The second-order valence-electron chi connectivity index (χ2n) is 4.96. The van der Waals surface area contributed by atoms with Crippen LogP contribution in [-0.4, -0.2) is 32.8 Å². The molecule has 0 atom stereocenters. The predicted octanol–water partition coefficient (Wildman–Crippen LogP) is 1.08. The maximum absolute atomic E-state index is 11.4. The number of sulfone groups is 1. The molecule has 0 bridgehead atoms. The van der Waals surface area contributed by atoms with Crippen molar-refractivity contribution in [1.82, 2.24) is 5.32 Å². The summed E-state index contributed by atoms with van der Waals surface area (Å²) < 4.78 is 33.5. The highest BCUT2D eigenvalue weighted by atomic mass is 32.2. The van der Waals surface area contributed by atoms with E-state index in [0.29, 0.717) is 19.4 Å². The molecule has 2 aliphatic heterocycles. The number of hydrogen-bond acceptors (Lipinski definition) is 5. The van der Waals surface area contributed by atoms with E-state index in [1.807, 2.05) is 18.2 Å². The van der Waals surface area contributed by atoms with Gasteiger partial charge in [-0.25, -0.2) is 8.42 Å². The van der Waals surface area contributed by atoms with Crippen molar-refractivity contribution >= 4 is 9.84 Å². The van der Waals surface area contributed by atoms with E-state index in [9.17, 15) is 8.42 Å². The summed E-state index contributed by atoms with van der Waals surface area (Å²) >= 11 is 0. The van der Waals surface area contributed by atoms with Gasteiger partial charge in [-0.05, 0) is 18.9 Å². The lowest BCUT2D eigenvalue weighted by Crippen LogP contribution is -2.37. The van der Waals surface area contributed by atoms with Gasteiger partial charge < -0.3 is 14.8 Å². The second kappa shape index (κ2) is 5.02. The fraction of sp³-hybridized carbons (Fsp3) is 0.538. The average molecular weight is 283 g/mol. The molecule has 1 aromatic carbocycles. The Balaban J connectivity index is 1.60. The molecule has 19 heavy (non-hydrogen) atoms. The number of benzene rings is 1. The summed E-state index contributed by atoms with van der Waals surface area (Å²) in [4.78, 5) is 0. The van der Waals surface area contributed by atoms with E-state index >= 15 is 0 Å². The number of rotatable bonds is 3. The van der Waals surface area contributed by atoms with E-state index in [0.717, 1.165) is 17.1 Å². The quantitative estimate of drug-likeness (QED) is 0.899. The minimum absolute atomic E-state index is 0.265. The Bertz CT molecular complexity index is 556. The van der Waals surface area contributed by atoms with Crippen LogP contribution < -0.4 is 14.8 Å². The lowest BCUT2D eigenvalue weighted by atomic mass is 10.1. The van der Waals surface area contributed by atoms with Crippen LogP contribution in [0.5, 0.6) is 11.5 Å². The molecule has 0 aromatic heterocycles. The molecule has 6 heteroatoms. The normalized spacial score (nSPS) is 21.5. The smallest absolute Gasteiger partial charge is 0.231 e. The number of nitrogens with one attached hydrogen (secondary N) is 1. The van der Waals surface area contributed by atoms with Crippen molar-refractivity contribution in [3.05, 3.63) is 23.8 Å². The topological polar surface area (TPSA) is 64.6 Å². The first-order valence-corrected chi connectivity index (χ1v) is 8.27. The third-order valence-corrected chi connectivity index (χ3v) is 5.33. The van der Waals surface area contributed by atoms with Crippen LogP contribution in [0.4, 0.5) is 0 Å². The highest BCUT2D eigenvalue weighted by molar-refractivity contribution is 7.91. The van der Waals surface area contributed by atoms with Crippen LogP contribution >= 0.6 is 0 Å². The highest BCUT2D eigenvalue weighted by Gasteiger charge is 2.24. The zero-order valence-electron chi connectivity index (χ0n) is 10.6. The SMILES string of the molecule is O=S1(=O)CCC(NCc2cccc3c2OCO3)CC1. The van der Waals surface area contributed by atoms with E-state index < -0.39 is 9.84 Å². The molecule has 0 radical (unpaired) electrons. The molecular weight excluding hydrogens is 266 g/mol. The van der Waals surface area contributed by atoms with Crippen LogP contribution in [0.25, 0.3) is 0 Å². The highest BCUT2D eigenvalue weighted by Crippen LogP contribution is 2.35. The number of fused-ring (bicyclic) bond motifs is 1. The summed E-state index contributed by atoms with van der Waals surface area (Å²) in [6.45, 7) is 0.950. The van der Waals surface area contributed by atoms with Gasteiger partial charge in [0.1, 0.15) is 9.84 Å². The maximum atomic E-state index is 11.4. The van der Waals surface area contributed by atoms with Gasteiger partial charge in [0.25, 0.3) is 0 Å². The standard InChI is InChI=1S/C13H17NO4S/c15-19(16)6-4-11(5-7-19)14-8-10-2-1-3-12-13(10)18-9-17-12/h1-3,11,14H,4-9H2. The van der Waals surface area contributed by atoms with Crippen molar-refractivity contribution in [2.24, 2.45) is 0 Å². The van der Waals surface area contributed by atoms with Crippen molar-refractivity contribution in [2.45, 2.75) is 25.4 Å². The van der Waals surface area contributed by atoms with Crippen LogP contribution in [0.2, 0.25) is 0 Å². The minimum atomic E-state index is -2.79. The summed E-state index contributed by atoms with van der Waals surface area (Å²) in [5, 5.41) is 3.41. The summed E-state index contributed by atoms with van der Waals surface area (Å²) in [6, 6.07) is 6.09. The first-order chi connectivity index (χ1) is 9.14. The largest absolute Gasteiger partial charge is 0.454 e. The van der Waals surface area contributed by atoms with E-state index in [1.54, 1.807) is 0 Å². The van der Waals surface area contributed by atoms with Gasteiger partial charge in [0, 0.05) is 18.2 Å². The van der Waals surface area contributed by atoms with Crippen LogP contribution in [-0.2, 0) is 16.4 Å². The molecule has 0 amide bonds. The summed E-state index contributed by atoms with van der Waals surface area (Å²) in [7, 11) is -2.79. The molecule has 5 nitrogen and oxygen atoms in total. The van der Waals surface area contributed by atoms with Crippen LogP contribution in [0.15, 0.2) is 18.2 Å². The monoisotopic (exact) mass is 283 g/mol. The number of ether oxygens (including phenoxy) is 2. The van der Waals surface area contributed by atoms with E-state index in [4.69, 9.17) is 9.47 Å². The molecule has 2 aliphatic rings. The Morgan fingerprint density at radius 3 is 2.79 bits per heavy atom. The number of hydrogen-bond donors (Lipinski definition) is 1. The van der Waals surface area contributed by atoms with Gasteiger partial charge in [-0.3, -0.25) is 0 Å². The molecule has 0 spiro atoms. The second-order valence-corrected chi connectivity index (χ2v) is 7.26. The Morgan fingerprint density at radius 2 is 2.00 bits per heavy atom. The zero-order chi connectivity index (χ0) is 13.3. The summed E-state index contributed by atoms with van der Waals surface area (Å²) in [5.41, 5.74) is 1.06. The fourth-order valence-corrected chi connectivity index (χ4v) is 3.97. The average Bonchev–Trinajstić information content (AvgIpc) is 2.86. The van der Waals surface area contributed by atoms with E-state index in [-0.39, 0.29) is 24.3 Å². The first-order valence-electron chi connectivity index (χ1n) is 6.45. The Kier molecular flexibility index (Phi) is 3.36. The number of para-hydroxylation sites is 1. The lowest BCUT2D eigenvalue weighted by molar-refractivity contribution is 0.173. The Hall–Kier alpha value is -1.27. The van der Waals surface area contributed by atoms with E-state index in [1.165, 1.54) is 0 Å². The van der Waals surface area contributed by atoms with Gasteiger partial charge in [-0.1, -0.05) is 12.1 Å². The summed E-state index contributed by atoms with van der Waals surface area (Å²) in [6.07, 6.45) is 1.38. The van der Waals surface area contributed by atoms with Crippen molar-refractivity contribution in [2.75, 3.05) is 18.3 Å². The first kappa shape index (κ1) is 12.7. The Morgan fingerprint density at radius 1 is 1.21 bits per heavy atom. The third-order valence-electron chi connectivity index (χ3n) is 3.61. The molecule has 0 unspecified atom stereocenters. The lowest BCUT2D eigenvalue weighted by Gasteiger charge is -2.23. The van der Waals surface area contributed by atoms with Crippen molar-refractivity contribution in [3.8, 4) is 11.5 Å². The van der Waals surface area contributed by atoms with E-state index in [2.05, 4.69) is 5.32 Å². The molecule has 1 aromatic rings. The zero-order valence-corrected chi connectivity index (χ0v) is 11.4. The van der Waals surface area contributed by atoms with Gasteiger partial charge in [0.05, 0.1) is 11.5 Å². The molecule has 0 saturated carbocycles. The minimum Gasteiger partial charge on any atom is -0.454 e. The molecule has 1 saturated heterocycles. The Labute approximate surface area is 112 Å². The van der Waals surface area contributed by atoms with Crippen LogP contribution in [0.3, 0.4) is 0 Å². The predicted molar refractivity (Wildman–Crippen MR) is 71.1 cm³/mol. The molecule has 2 heterocycles. The molecule has 0 aliphatic carbocycles. The van der Waals surface area contributed by atoms with Gasteiger partial charge in [-0.2, -0.15) is 0 Å². The van der Waals surface area contributed by atoms with Crippen molar-refractivity contribution < 1.29 is 17.9 Å². The fourth-order valence-electron chi connectivity index (χ4n) is 2.48. The third kappa shape index (κ3) is 2.84. The van der Waals surface area contributed by atoms with Gasteiger partial charge >= 0.3 is 0 Å². The van der Waals surface area contributed by atoms with Crippen LogP contribution in [0.1, 0.15) is 18.4 Å². The summed E-state index contributed by atoms with van der Waals surface area (Å²) in [5.74, 6) is 2.16. The molecule has 3 rings (SSSR count). The maximum Gasteiger partial charge on any atom is 0.231 e. The van der Waals surface area contributed by atoms with Crippen molar-refractivity contribution in [3.63, 3.8) is 0 Å². The molecule has 104 valence electrons. The van der Waals surface area contributed by atoms with Gasteiger partial charge in [0.2, 0.25) is 6.79 Å². The van der Waals surface area contributed by atoms with Crippen molar-refractivity contribution in [1.29, 1.82) is 0 Å². The molecular formula is C13H17NO4S. The van der Waals surface area contributed by atoms with Gasteiger partial charge in [0.15, 0.2) is 11.5 Å².